The first-order valence-electron chi connectivity index (χ1n) is 9.16. The molecule has 0 aliphatic heterocycles. The number of rotatable bonds is 10. The smallest absolute Gasteiger partial charge is 0.338 e. The summed E-state index contributed by atoms with van der Waals surface area (Å²) in [6.07, 6.45) is 9.47. The molecule has 130 valence electrons. The van der Waals surface area contributed by atoms with Crippen molar-refractivity contribution in [1.82, 2.24) is 0 Å². The van der Waals surface area contributed by atoms with E-state index in [1.54, 1.807) is 24.3 Å². The van der Waals surface area contributed by atoms with Crippen LogP contribution in [-0.2, 0) is 9.47 Å². The lowest BCUT2D eigenvalue weighted by Crippen LogP contribution is -2.09. The van der Waals surface area contributed by atoms with E-state index < -0.39 is 0 Å². The van der Waals surface area contributed by atoms with E-state index in [0.717, 1.165) is 37.5 Å². The molecule has 1 aromatic carbocycles. The Morgan fingerprint density at radius 1 is 0.750 bits per heavy atom. The summed E-state index contributed by atoms with van der Waals surface area (Å²) in [6, 6.07) is 6.52. The molecule has 0 unspecified atom stereocenters. The summed E-state index contributed by atoms with van der Waals surface area (Å²) in [5.41, 5.74) is 0.957. The molecule has 0 atom stereocenters. The van der Waals surface area contributed by atoms with E-state index in [4.69, 9.17) is 9.47 Å². The van der Waals surface area contributed by atoms with Gasteiger partial charge in [0.15, 0.2) is 0 Å². The van der Waals surface area contributed by atoms with Gasteiger partial charge in [-0.1, -0.05) is 25.7 Å². The molecule has 0 N–H and O–H groups in total. The third-order valence-electron chi connectivity index (χ3n) is 4.73. The molecule has 3 rings (SSSR count). The normalized spacial score (nSPS) is 16.7. The van der Waals surface area contributed by atoms with Crippen molar-refractivity contribution in [3.8, 4) is 0 Å². The number of carbonyl (C=O) groups excluding carboxylic acids is 2. The van der Waals surface area contributed by atoms with E-state index in [0.29, 0.717) is 24.3 Å². The highest BCUT2D eigenvalue weighted by atomic mass is 16.5. The van der Waals surface area contributed by atoms with Gasteiger partial charge in [0.25, 0.3) is 0 Å². The average Bonchev–Trinajstić information content (AvgIpc) is 3.50. The molecule has 0 amide bonds. The molecule has 1 aromatic rings. The monoisotopic (exact) mass is 330 g/mol. The van der Waals surface area contributed by atoms with Gasteiger partial charge in [-0.25, -0.2) is 9.59 Å². The molecule has 24 heavy (non-hydrogen) atoms. The largest absolute Gasteiger partial charge is 0.462 e. The average molecular weight is 330 g/mol. The fourth-order valence-corrected chi connectivity index (χ4v) is 2.80. The number of hydrogen-bond acceptors (Lipinski definition) is 4. The molecule has 0 heterocycles. The Morgan fingerprint density at radius 2 is 1.12 bits per heavy atom. The molecule has 0 radical (unpaired) electrons. The number of hydrogen-bond donors (Lipinski definition) is 0. The number of ether oxygens (including phenoxy) is 2. The van der Waals surface area contributed by atoms with Gasteiger partial charge >= 0.3 is 11.9 Å². The summed E-state index contributed by atoms with van der Waals surface area (Å²) in [5, 5.41) is 0. The van der Waals surface area contributed by atoms with Gasteiger partial charge in [0, 0.05) is 0 Å². The molecule has 2 aliphatic rings. The number of esters is 2. The summed E-state index contributed by atoms with van der Waals surface area (Å²) in [4.78, 5) is 23.9. The minimum Gasteiger partial charge on any atom is -0.462 e. The van der Waals surface area contributed by atoms with Gasteiger partial charge in [0.1, 0.15) is 0 Å². The molecule has 2 fully saturated rings. The quantitative estimate of drug-likeness (QED) is 0.472. The Kier molecular flexibility index (Phi) is 5.89. The second-order valence-electron chi connectivity index (χ2n) is 7.02. The van der Waals surface area contributed by atoms with Crippen molar-refractivity contribution in [2.45, 2.75) is 51.4 Å². The number of benzene rings is 1. The van der Waals surface area contributed by atoms with Crippen LogP contribution in [0.2, 0.25) is 0 Å². The van der Waals surface area contributed by atoms with E-state index >= 15 is 0 Å². The number of carbonyl (C=O) groups is 2. The Balaban J connectivity index is 1.36. The van der Waals surface area contributed by atoms with Crippen LogP contribution in [0.1, 0.15) is 72.1 Å². The van der Waals surface area contributed by atoms with Gasteiger partial charge in [-0.05, 0) is 61.8 Å². The first kappa shape index (κ1) is 17.0. The van der Waals surface area contributed by atoms with Crippen LogP contribution < -0.4 is 0 Å². The molecule has 2 aliphatic carbocycles. The Labute approximate surface area is 143 Å². The third-order valence-corrected chi connectivity index (χ3v) is 4.73. The highest BCUT2D eigenvalue weighted by Gasteiger charge is 2.21. The molecular weight excluding hydrogens is 304 g/mol. The predicted molar refractivity (Wildman–Crippen MR) is 90.9 cm³/mol. The lowest BCUT2D eigenvalue weighted by molar-refractivity contribution is 0.0482. The van der Waals surface area contributed by atoms with Gasteiger partial charge in [-0.2, -0.15) is 0 Å². The van der Waals surface area contributed by atoms with Crippen molar-refractivity contribution >= 4 is 11.9 Å². The van der Waals surface area contributed by atoms with Crippen LogP contribution >= 0.6 is 0 Å². The third kappa shape index (κ3) is 5.66. The van der Waals surface area contributed by atoms with Crippen LogP contribution in [-0.4, -0.2) is 25.2 Å². The van der Waals surface area contributed by atoms with Crippen LogP contribution in [0.4, 0.5) is 0 Å². The minimum atomic E-state index is -0.324. The summed E-state index contributed by atoms with van der Waals surface area (Å²) in [6.45, 7) is 0.945. The van der Waals surface area contributed by atoms with Crippen LogP contribution in [0.15, 0.2) is 24.3 Å². The topological polar surface area (TPSA) is 52.6 Å². The molecule has 0 spiro atoms. The SMILES string of the molecule is O=C(OCCCC1CC1)c1ccc(C(=O)OCCCC2CC2)cc1. The van der Waals surface area contributed by atoms with Crippen LogP contribution in [0.25, 0.3) is 0 Å². The Bertz CT molecular complexity index is 505. The predicted octanol–water partition coefficient (Wildman–Crippen LogP) is 4.38. The molecule has 4 heteroatoms. The summed E-state index contributed by atoms with van der Waals surface area (Å²) >= 11 is 0. The second kappa shape index (κ2) is 8.32. The van der Waals surface area contributed by atoms with E-state index in [1.807, 2.05) is 0 Å². The zero-order valence-corrected chi connectivity index (χ0v) is 14.2. The van der Waals surface area contributed by atoms with Gasteiger partial charge in [-0.3, -0.25) is 0 Å². The van der Waals surface area contributed by atoms with Gasteiger partial charge in [0.2, 0.25) is 0 Å². The van der Waals surface area contributed by atoms with Crippen molar-refractivity contribution in [2.75, 3.05) is 13.2 Å². The first-order valence-corrected chi connectivity index (χ1v) is 9.16. The summed E-state index contributed by atoms with van der Waals surface area (Å²) < 4.78 is 10.5. The summed E-state index contributed by atoms with van der Waals surface area (Å²) in [5.74, 6) is 1.07. The molecule has 2 saturated carbocycles. The van der Waals surface area contributed by atoms with Gasteiger partial charge in [0.05, 0.1) is 24.3 Å². The molecule has 4 nitrogen and oxygen atoms in total. The van der Waals surface area contributed by atoms with Crippen molar-refractivity contribution in [2.24, 2.45) is 11.8 Å². The van der Waals surface area contributed by atoms with Crippen LogP contribution in [0.3, 0.4) is 0 Å². The van der Waals surface area contributed by atoms with Crippen molar-refractivity contribution in [3.63, 3.8) is 0 Å². The highest BCUT2D eigenvalue weighted by Crippen LogP contribution is 2.33. The van der Waals surface area contributed by atoms with E-state index in [9.17, 15) is 9.59 Å². The fourth-order valence-electron chi connectivity index (χ4n) is 2.80. The molecular formula is C20H26O4. The molecule has 0 saturated heterocycles. The maximum atomic E-state index is 11.9. The van der Waals surface area contributed by atoms with E-state index in [1.165, 1.54) is 25.7 Å². The fraction of sp³-hybridized carbons (Fsp3) is 0.600. The van der Waals surface area contributed by atoms with Crippen molar-refractivity contribution in [3.05, 3.63) is 35.4 Å². The lowest BCUT2D eigenvalue weighted by Gasteiger charge is -2.06. The standard InChI is InChI=1S/C20H26O4/c21-19(23-13-1-3-15-5-6-15)17-9-11-18(12-10-17)20(22)24-14-2-4-16-7-8-16/h9-12,15-16H,1-8,13-14H2. The van der Waals surface area contributed by atoms with E-state index in [2.05, 4.69) is 0 Å². The zero-order chi connectivity index (χ0) is 16.8. The zero-order valence-electron chi connectivity index (χ0n) is 14.2. The molecule has 0 aromatic heterocycles. The minimum absolute atomic E-state index is 0.324. The van der Waals surface area contributed by atoms with Crippen molar-refractivity contribution in [1.29, 1.82) is 0 Å². The van der Waals surface area contributed by atoms with Gasteiger partial charge in [-0.15, -0.1) is 0 Å². The summed E-state index contributed by atoms with van der Waals surface area (Å²) in [7, 11) is 0. The van der Waals surface area contributed by atoms with Gasteiger partial charge < -0.3 is 9.47 Å². The highest BCUT2D eigenvalue weighted by molar-refractivity contribution is 5.93. The Morgan fingerprint density at radius 3 is 1.46 bits per heavy atom. The van der Waals surface area contributed by atoms with Crippen molar-refractivity contribution < 1.29 is 19.1 Å². The van der Waals surface area contributed by atoms with Crippen LogP contribution in [0, 0.1) is 11.8 Å². The Hall–Kier alpha value is -1.84. The van der Waals surface area contributed by atoms with Crippen LogP contribution in [0.5, 0.6) is 0 Å². The van der Waals surface area contributed by atoms with E-state index in [-0.39, 0.29) is 11.9 Å². The molecule has 0 bridgehead atoms. The maximum Gasteiger partial charge on any atom is 0.338 e. The first-order chi connectivity index (χ1) is 11.7. The lowest BCUT2D eigenvalue weighted by atomic mass is 10.1. The second-order valence-corrected chi connectivity index (χ2v) is 7.02. The maximum absolute atomic E-state index is 11.9.